The molecule has 0 saturated carbocycles. The molecule has 4 aromatic rings. The summed E-state index contributed by atoms with van der Waals surface area (Å²) in [5, 5.41) is 9.93. The van der Waals surface area contributed by atoms with E-state index in [0.29, 0.717) is 10.7 Å². The molecule has 0 fully saturated rings. The molecule has 0 saturated heterocycles. The Morgan fingerprint density at radius 1 is 1.25 bits per heavy atom. The third-order valence-corrected chi connectivity index (χ3v) is 4.05. The van der Waals surface area contributed by atoms with E-state index in [1.165, 1.54) is 11.3 Å². The van der Waals surface area contributed by atoms with Crippen molar-refractivity contribution in [3.05, 3.63) is 41.7 Å². The molecule has 1 N–H and O–H groups in total. The first kappa shape index (κ1) is 11.1. The number of aromatic amines is 1. The highest BCUT2D eigenvalue weighted by molar-refractivity contribution is 7.19. The summed E-state index contributed by atoms with van der Waals surface area (Å²) in [5.74, 6) is 0.645. The number of pyridine rings is 1. The Morgan fingerprint density at radius 3 is 3.10 bits per heavy atom. The van der Waals surface area contributed by atoms with Gasteiger partial charge in [-0.2, -0.15) is 5.26 Å². The number of nitrogens with zero attached hydrogens (tertiary/aromatic N) is 4. The van der Waals surface area contributed by atoms with Gasteiger partial charge in [0.05, 0.1) is 10.2 Å². The van der Waals surface area contributed by atoms with Crippen LogP contribution in [0.4, 0.5) is 0 Å². The van der Waals surface area contributed by atoms with Gasteiger partial charge in [-0.3, -0.25) is 0 Å². The summed E-state index contributed by atoms with van der Waals surface area (Å²) in [6.45, 7) is 0. The summed E-state index contributed by atoms with van der Waals surface area (Å²) in [7, 11) is 0. The van der Waals surface area contributed by atoms with Crippen LogP contribution in [0.5, 0.6) is 0 Å². The van der Waals surface area contributed by atoms with Crippen LogP contribution in [0.2, 0.25) is 0 Å². The fourth-order valence-corrected chi connectivity index (χ4v) is 2.95. The molecule has 0 radical (unpaired) electrons. The fraction of sp³-hybridized carbons (Fsp3) is 0. The molecule has 5 nitrogen and oxygen atoms in total. The Kier molecular flexibility index (Phi) is 2.28. The lowest BCUT2D eigenvalue weighted by atomic mass is 10.2. The molecular formula is C14H7N5S. The molecule has 0 amide bonds. The molecule has 4 heterocycles. The van der Waals surface area contributed by atoms with Crippen molar-refractivity contribution in [1.29, 1.82) is 5.26 Å². The van der Waals surface area contributed by atoms with Gasteiger partial charge in [0, 0.05) is 29.5 Å². The number of nitrogens with one attached hydrogen (secondary N) is 1. The van der Waals surface area contributed by atoms with Crippen molar-refractivity contribution in [2.75, 3.05) is 0 Å². The van der Waals surface area contributed by atoms with Crippen LogP contribution in [0, 0.1) is 11.3 Å². The minimum atomic E-state index is 0.645. The number of thiophene rings is 1. The van der Waals surface area contributed by atoms with Crippen LogP contribution in [0.15, 0.2) is 36.8 Å². The molecule has 4 rings (SSSR count). The van der Waals surface area contributed by atoms with Gasteiger partial charge >= 0.3 is 0 Å². The highest BCUT2D eigenvalue weighted by Crippen LogP contribution is 2.28. The first-order chi connectivity index (χ1) is 9.85. The summed E-state index contributed by atoms with van der Waals surface area (Å²) in [4.78, 5) is 16.9. The molecule has 0 atom stereocenters. The second-order valence-corrected chi connectivity index (χ2v) is 5.35. The maximum Gasteiger partial charge on any atom is 0.160 e. The normalized spacial score (nSPS) is 10.9. The van der Waals surface area contributed by atoms with Crippen LogP contribution < -0.4 is 0 Å². The highest BCUT2D eigenvalue weighted by Gasteiger charge is 2.10. The zero-order valence-corrected chi connectivity index (χ0v) is 11.0. The van der Waals surface area contributed by atoms with Gasteiger partial charge in [0.2, 0.25) is 0 Å². The number of hydrogen-bond acceptors (Lipinski definition) is 5. The van der Waals surface area contributed by atoms with Crippen LogP contribution in [0.1, 0.15) is 4.88 Å². The Hall–Kier alpha value is -2.78. The number of nitriles is 1. The van der Waals surface area contributed by atoms with Crippen molar-refractivity contribution >= 4 is 32.6 Å². The minimum absolute atomic E-state index is 0.645. The zero-order chi connectivity index (χ0) is 13.5. The molecular weight excluding hydrogens is 270 g/mol. The van der Waals surface area contributed by atoms with Gasteiger partial charge in [0.25, 0.3) is 0 Å². The SMILES string of the molecule is N#Cc1cc2nc(-c3ccnc4[nH]ccc34)ncc2s1. The molecule has 6 heteroatoms. The molecule has 0 aromatic carbocycles. The van der Waals surface area contributed by atoms with Crippen molar-refractivity contribution in [2.24, 2.45) is 0 Å². The average molecular weight is 277 g/mol. The summed E-state index contributed by atoms with van der Waals surface area (Å²) >= 11 is 1.40. The van der Waals surface area contributed by atoms with Crippen molar-refractivity contribution in [3.8, 4) is 17.5 Å². The maximum absolute atomic E-state index is 8.94. The van der Waals surface area contributed by atoms with E-state index in [4.69, 9.17) is 5.26 Å². The molecule has 0 aliphatic heterocycles. The molecule has 94 valence electrons. The summed E-state index contributed by atoms with van der Waals surface area (Å²) < 4.78 is 0.921. The van der Waals surface area contributed by atoms with E-state index < -0.39 is 0 Å². The van der Waals surface area contributed by atoms with Gasteiger partial charge in [-0.05, 0) is 18.2 Å². The summed E-state index contributed by atoms with van der Waals surface area (Å²) in [6, 6.07) is 7.78. The molecule has 0 aliphatic carbocycles. The predicted octanol–water partition coefficient (Wildman–Crippen LogP) is 3.11. The van der Waals surface area contributed by atoms with Gasteiger partial charge in [0.15, 0.2) is 5.82 Å². The van der Waals surface area contributed by atoms with Crippen molar-refractivity contribution < 1.29 is 0 Å². The van der Waals surface area contributed by atoms with E-state index in [0.717, 1.165) is 26.8 Å². The summed E-state index contributed by atoms with van der Waals surface area (Å²) in [6.07, 6.45) is 5.34. The van der Waals surface area contributed by atoms with E-state index in [-0.39, 0.29) is 0 Å². The van der Waals surface area contributed by atoms with Crippen molar-refractivity contribution in [1.82, 2.24) is 19.9 Å². The van der Waals surface area contributed by atoms with Gasteiger partial charge in [-0.25, -0.2) is 15.0 Å². The van der Waals surface area contributed by atoms with Crippen LogP contribution >= 0.6 is 11.3 Å². The Morgan fingerprint density at radius 2 is 2.20 bits per heavy atom. The lowest BCUT2D eigenvalue weighted by molar-refractivity contribution is 1.23. The van der Waals surface area contributed by atoms with E-state index in [1.54, 1.807) is 18.5 Å². The molecule has 0 spiro atoms. The first-order valence-electron chi connectivity index (χ1n) is 5.94. The third kappa shape index (κ3) is 1.57. The smallest absolute Gasteiger partial charge is 0.160 e. The van der Waals surface area contributed by atoms with Crippen molar-refractivity contribution in [3.63, 3.8) is 0 Å². The topological polar surface area (TPSA) is 78.2 Å². The van der Waals surface area contributed by atoms with Crippen LogP contribution in [0.25, 0.3) is 32.6 Å². The minimum Gasteiger partial charge on any atom is -0.346 e. The lowest BCUT2D eigenvalue weighted by Gasteiger charge is -2.01. The monoisotopic (exact) mass is 277 g/mol. The quantitative estimate of drug-likeness (QED) is 0.580. The van der Waals surface area contributed by atoms with Gasteiger partial charge in [0.1, 0.15) is 16.6 Å². The van der Waals surface area contributed by atoms with Crippen LogP contribution in [-0.2, 0) is 0 Å². The number of aromatic nitrogens is 4. The van der Waals surface area contributed by atoms with E-state index >= 15 is 0 Å². The first-order valence-corrected chi connectivity index (χ1v) is 6.76. The summed E-state index contributed by atoms with van der Waals surface area (Å²) in [5.41, 5.74) is 2.55. The second kappa shape index (κ2) is 4.11. The lowest BCUT2D eigenvalue weighted by Crippen LogP contribution is -1.89. The standard InChI is InChI=1S/C14H7N5S/c15-6-8-5-11-12(20-8)7-18-14(19-11)10-2-4-17-13-9(10)1-3-16-13/h1-5,7H,(H,16,17). The number of hydrogen-bond donors (Lipinski definition) is 1. The highest BCUT2D eigenvalue weighted by atomic mass is 32.1. The molecule has 0 unspecified atom stereocenters. The Balaban J connectivity index is 1.98. The molecule has 4 aromatic heterocycles. The second-order valence-electron chi connectivity index (χ2n) is 4.26. The van der Waals surface area contributed by atoms with Gasteiger partial charge in [-0.1, -0.05) is 0 Å². The fourth-order valence-electron chi connectivity index (χ4n) is 2.18. The number of rotatable bonds is 1. The van der Waals surface area contributed by atoms with Crippen molar-refractivity contribution in [2.45, 2.75) is 0 Å². The molecule has 20 heavy (non-hydrogen) atoms. The van der Waals surface area contributed by atoms with Gasteiger partial charge < -0.3 is 4.98 Å². The van der Waals surface area contributed by atoms with Crippen LogP contribution in [-0.4, -0.2) is 19.9 Å². The van der Waals surface area contributed by atoms with E-state index in [1.807, 2.05) is 18.3 Å². The molecule has 0 bridgehead atoms. The van der Waals surface area contributed by atoms with Gasteiger partial charge in [-0.15, -0.1) is 11.3 Å². The maximum atomic E-state index is 8.94. The Labute approximate surface area is 117 Å². The molecule has 0 aliphatic rings. The average Bonchev–Trinajstić information content (AvgIpc) is 3.11. The number of fused-ring (bicyclic) bond motifs is 2. The van der Waals surface area contributed by atoms with E-state index in [2.05, 4.69) is 26.0 Å². The van der Waals surface area contributed by atoms with Crippen LogP contribution in [0.3, 0.4) is 0 Å². The largest absolute Gasteiger partial charge is 0.346 e. The number of H-pyrrole nitrogens is 1. The van der Waals surface area contributed by atoms with E-state index in [9.17, 15) is 0 Å². The predicted molar refractivity (Wildman–Crippen MR) is 77.2 cm³/mol. The Bertz CT molecular complexity index is 976. The third-order valence-electron chi connectivity index (χ3n) is 3.08. The zero-order valence-electron chi connectivity index (χ0n) is 10.2.